The van der Waals surface area contributed by atoms with Crippen LogP contribution in [-0.2, 0) is 9.53 Å². The number of hydrogen-bond donors (Lipinski definition) is 0. The van der Waals surface area contributed by atoms with Crippen LogP contribution in [-0.4, -0.2) is 72.9 Å². The number of anilines is 3. The van der Waals surface area contributed by atoms with Crippen LogP contribution in [0.25, 0.3) is 11.3 Å². The van der Waals surface area contributed by atoms with E-state index < -0.39 is 0 Å². The lowest BCUT2D eigenvalue weighted by atomic mass is 10.1. The van der Waals surface area contributed by atoms with Gasteiger partial charge in [-0.1, -0.05) is 11.6 Å². The van der Waals surface area contributed by atoms with Crippen LogP contribution < -0.4 is 19.4 Å². The summed E-state index contributed by atoms with van der Waals surface area (Å²) in [5.41, 5.74) is 1.57. The molecule has 2 fully saturated rings. The van der Waals surface area contributed by atoms with Crippen molar-refractivity contribution >= 4 is 35.7 Å². The minimum absolute atomic E-state index is 0.0865. The van der Waals surface area contributed by atoms with E-state index in [2.05, 4.69) is 33.5 Å². The molecule has 2 aliphatic heterocycles. The second-order valence-corrected chi connectivity index (χ2v) is 9.62. The molecule has 0 amide bonds. The van der Waals surface area contributed by atoms with E-state index >= 15 is 0 Å². The van der Waals surface area contributed by atoms with E-state index in [0.717, 1.165) is 17.1 Å². The maximum Gasteiger partial charge on any atom is 0.298 e. The highest BCUT2D eigenvalue weighted by Crippen LogP contribution is 2.32. The fourth-order valence-corrected chi connectivity index (χ4v) is 5.02. The average Bonchev–Trinajstić information content (AvgIpc) is 2.89. The quantitative estimate of drug-likeness (QED) is 0.445. The molecule has 1 aromatic carbocycles. The predicted molar refractivity (Wildman–Crippen MR) is 140 cm³/mol. The van der Waals surface area contributed by atoms with Gasteiger partial charge in [-0.25, -0.2) is 14.4 Å². The van der Waals surface area contributed by atoms with E-state index in [0.29, 0.717) is 68.4 Å². The molecule has 0 unspecified atom stereocenters. The molecule has 9 nitrogen and oxygen atoms in total. The molecule has 11 heteroatoms. The minimum atomic E-state index is -0.289. The van der Waals surface area contributed by atoms with Gasteiger partial charge in [-0.05, 0) is 38.1 Å². The van der Waals surface area contributed by atoms with Gasteiger partial charge in [-0.2, -0.15) is 4.98 Å². The van der Waals surface area contributed by atoms with Gasteiger partial charge < -0.3 is 24.2 Å². The number of pyridine rings is 1. The fourth-order valence-electron chi connectivity index (χ4n) is 4.75. The molecule has 2 aromatic heterocycles. The summed E-state index contributed by atoms with van der Waals surface area (Å²) in [6.07, 6.45) is 1.49. The van der Waals surface area contributed by atoms with Crippen LogP contribution >= 0.6 is 11.6 Å². The molecule has 0 bridgehead atoms. The van der Waals surface area contributed by atoms with E-state index in [4.69, 9.17) is 31.0 Å². The van der Waals surface area contributed by atoms with Gasteiger partial charge >= 0.3 is 0 Å². The number of aromatic nitrogens is 3. The lowest BCUT2D eigenvalue weighted by Gasteiger charge is -2.42. The molecular weight excluding hydrogens is 499 g/mol. The van der Waals surface area contributed by atoms with Crippen LogP contribution in [0, 0.1) is 5.82 Å². The number of carbonyl (C=O) groups is 1. The summed E-state index contributed by atoms with van der Waals surface area (Å²) in [5, 5.41) is 0.421. The van der Waals surface area contributed by atoms with Gasteiger partial charge in [-0.15, -0.1) is 0 Å². The first-order chi connectivity index (χ1) is 17.9. The molecule has 0 radical (unpaired) electrons. The first kappa shape index (κ1) is 25.2. The first-order valence-electron chi connectivity index (χ1n) is 12.2. The Bertz CT molecular complexity index is 1260. The molecule has 194 valence electrons. The summed E-state index contributed by atoms with van der Waals surface area (Å²) < 4.78 is 24.1. The second-order valence-electron chi connectivity index (χ2n) is 9.21. The van der Waals surface area contributed by atoms with Crippen molar-refractivity contribution in [2.24, 2.45) is 0 Å². The van der Waals surface area contributed by atoms with Crippen molar-refractivity contribution in [1.29, 1.82) is 0 Å². The van der Waals surface area contributed by atoms with Gasteiger partial charge in [-0.3, -0.25) is 4.79 Å². The molecule has 2 atom stereocenters. The van der Waals surface area contributed by atoms with E-state index in [1.165, 1.54) is 18.3 Å². The van der Waals surface area contributed by atoms with Crippen LogP contribution in [0.1, 0.15) is 13.8 Å². The Morgan fingerprint density at radius 3 is 2.59 bits per heavy atom. The minimum Gasteiger partial charge on any atom is -0.427 e. The molecule has 2 saturated heterocycles. The van der Waals surface area contributed by atoms with Crippen molar-refractivity contribution in [2.75, 3.05) is 54.1 Å². The van der Waals surface area contributed by atoms with Gasteiger partial charge in [0.25, 0.3) is 6.47 Å². The monoisotopic (exact) mass is 526 g/mol. The average molecular weight is 527 g/mol. The molecule has 0 N–H and O–H groups in total. The molecular formula is C26H28ClFN6O3. The van der Waals surface area contributed by atoms with Crippen molar-refractivity contribution in [2.45, 2.75) is 25.9 Å². The van der Waals surface area contributed by atoms with Crippen molar-refractivity contribution in [3.8, 4) is 17.0 Å². The molecule has 2 aliphatic rings. The summed E-state index contributed by atoms with van der Waals surface area (Å²) in [5.74, 6) is 2.10. The molecule has 0 spiro atoms. The maximum absolute atomic E-state index is 13.6. The maximum atomic E-state index is 13.6. The highest BCUT2D eigenvalue weighted by atomic mass is 35.5. The highest BCUT2D eigenvalue weighted by Gasteiger charge is 2.29. The Kier molecular flexibility index (Phi) is 7.38. The number of hydrogen-bond acceptors (Lipinski definition) is 9. The van der Waals surface area contributed by atoms with Crippen molar-refractivity contribution < 1.29 is 18.7 Å². The first-order valence-corrected chi connectivity index (χ1v) is 12.6. The zero-order valence-electron chi connectivity index (χ0n) is 20.7. The number of rotatable bonds is 6. The van der Waals surface area contributed by atoms with Crippen LogP contribution in [0.15, 0.2) is 42.6 Å². The fraction of sp³-hybridized carbons (Fsp3) is 0.385. The summed E-state index contributed by atoms with van der Waals surface area (Å²) in [4.78, 5) is 31.4. The topological polar surface area (TPSA) is 83.9 Å². The van der Waals surface area contributed by atoms with Gasteiger partial charge in [0.15, 0.2) is 5.75 Å². The molecule has 5 rings (SSSR count). The predicted octanol–water partition coefficient (Wildman–Crippen LogP) is 3.81. The van der Waals surface area contributed by atoms with Crippen LogP contribution in [0.2, 0.25) is 5.02 Å². The number of morpholine rings is 1. The summed E-state index contributed by atoms with van der Waals surface area (Å²) in [7, 11) is 0. The normalized spacial score (nSPS) is 20.2. The van der Waals surface area contributed by atoms with E-state index in [1.54, 1.807) is 18.2 Å². The van der Waals surface area contributed by atoms with Crippen LogP contribution in [0.5, 0.6) is 5.75 Å². The second kappa shape index (κ2) is 10.9. The Labute approximate surface area is 219 Å². The summed E-state index contributed by atoms with van der Waals surface area (Å²) in [6.45, 7) is 8.51. The Morgan fingerprint density at radius 2 is 1.89 bits per heavy atom. The largest absolute Gasteiger partial charge is 0.427 e. The number of nitrogens with zero attached hydrogens (tertiary/aromatic N) is 6. The Hall–Kier alpha value is -3.50. The van der Waals surface area contributed by atoms with E-state index in [9.17, 15) is 9.18 Å². The molecule has 3 aromatic rings. The zero-order chi connectivity index (χ0) is 25.9. The van der Waals surface area contributed by atoms with Gasteiger partial charge in [0.2, 0.25) is 5.95 Å². The van der Waals surface area contributed by atoms with Gasteiger partial charge in [0.05, 0.1) is 36.2 Å². The van der Waals surface area contributed by atoms with Gasteiger partial charge in [0, 0.05) is 49.9 Å². The lowest BCUT2D eigenvalue weighted by molar-refractivity contribution is -0.120. The number of halogens is 2. The summed E-state index contributed by atoms with van der Waals surface area (Å²) in [6, 6.07) is 10.1. The Morgan fingerprint density at radius 1 is 1.08 bits per heavy atom. The highest BCUT2D eigenvalue weighted by molar-refractivity contribution is 6.33. The Balaban J connectivity index is 1.43. The molecule has 0 aliphatic carbocycles. The van der Waals surface area contributed by atoms with Crippen LogP contribution in [0.4, 0.5) is 22.0 Å². The van der Waals surface area contributed by atoms with Gasteiger partial charge in [0.1, 0.15) is 17.5 Å². The smallest absolute Gasteiger partial charge is 0.298 e. The number of carbonyl (C=O) groups excluding carboxylic acids is 1. The third kappa shape index (κ3) is 5.45. The number of piperazine rings is 1. The van der Waals surface area contributed by atoms with Crippen molar-refractivity contribution in [3.63, 3.8) is 0 Å². The summed E-state index contributed by atoms with van der Waals surface area (Å²) >= 11 is 6.44. The van der Waals surface area contributed by atoms with Crippen LogP contribution in [0.3, 0.4) is 0 Å². The zero-order valence-corrected chi connectivity index (χ0v) is 21.4. The molecule has 0 saturated carbocycles. The number of ether oxygens (including phenoxy) is 2. The lowest BCUT2D eigenvalue weighted by Crippen LogP contribution is -2.53. The van der Waals surface area contributed by atoms with E-state index in [1.807, 2.05) is 6.07 Å². The van der Waals surface area contributed by atoms with Crippen molar-refractivity contribution in [1.82, 2.24) is 15.0 Å². The standard InChI is InChI=1S/C26H28ClFN6O3/c1-17-14-32(25-22(27)11-21(13-29-25)37-16-35)7-8-33(17)24-12-23(19-3-5-20(28)6-4-19)30-26(31-24)34-9-10-36-15-18(34)2/h3-6,11-13,16-18H,7-10,14-15H2,1-2H3/t17-,18+/m1/s1. The van der Waals surface area contributed by atoms with Crippen molar-refractivity contribution in [3.05, 3.63) is 53.4 Å². The molecule has 4 heterocycles. The van der Waals surface area contributed by atoms with E-state index in [-0.39, 0.29) is 17.9 Å². The third-order valence-corrected chi connectivity index (χ3v) is 6.95. The SMILES string of the molecule is C[C@@H]1CN(c2ncc(OC=O)cc2Cl)CCN1c1cc(-c2ccc(F)cc2)nc(N2CCOC[C@@H]2C)n1. The number of benzene rings is 1. The third-order valence-electron chi connectivity index (χ3n) is 6.67. The molecule has 37 heavy (non-hydrogen) atoms.